The van der Waals surface area contributed by atoms with E-state index in [1.54, 1.807) is 12.5 Å². The van der Waals surface area contributed by atoms with Crippen LogP contribution in [0.1, 0.15) is 112 Å². The van der Waals surface area contributed by atoms with E-state index in [1.807, 2.05) is 6.07 Å². The molecule has 0 spiro atoms. The van der Waals surface area contributed by atoms with Gasteiger partial charge in [0.15, 0.2) is 0 Å². The number of rotatable bonds is 7. The highest BCUT2D eigenvalue weighted by atomic mass is 16.2. The van der Waals surface area contributed by atoms with Gasteiger partial charge in [0.1, 0.15) is 0 Å². The monoisotopic (exact) mass is 503 g/mol. The van der Waals surface area contributed by atoms with Crippen LogP contribution in [0.3, 0.4) is 0 Å². The number of allylic oxidation sites excluding steroid dienone is 1. The topological polar surface area (TPSA) is 20.3 Å². The SMILES string of the molecule is CC(=O)N(c1ccccc1)[C@H]1CC[C@@]2(C)C(=CC[C@H]3[C@@H]4CC[C@H]([C@@H](C)CCCC(C)C)[C@@]4(C)CC[C@@H]32)C1. The van der Waals surface area contributed by atoms with Gasteiger partial charge in [0.05, 0.1) is 0 Å². The summed E-state index contributed by atoms with van der Waals surface area (Å²) in [4.78, 5) is 14.9. The van der Waals surface area contributed by atoms with Gasteiger partial charge in [0.2, 0.25) is 5.91 Å². The molecule has 0 radical (unpaired) electrons. The van der Waals surface area contributed by atoms with Crippen molar-refractivity contribution in [3.63, 3.8) is 0 Å². The average molecular weight is 504 g/mol. The van der Waals surface area contributed by atoms with E-state index in [0.29, 0.717) is 16.9 Å². The Morgan fingerprint density at radius 2 is 1.73 bits per heavy atom. The normalized spacial score (nSPS) is 37.8. The molecule has 8 atom stereocenters. The summed E-state index contributed by atoms with van der Waals surface area (Å²) >= 11 is 0. The molecule has 1 aromatic rings. The molecular weight excluding hydrogens is 450 g/mol. The Kier molecular flexibility index (Phi) is 7.69. The highest BCUT2D eigenvalue weighted by molar-refractivity contribution is 5.92. The lowest BCUT2D eigenvalue weighted by Crippen LogP contribution is -2.52. The molecule has 2 nitrogen and oxygen atoms in total. The third-order valence-electron chi connectivity index (χ3n) is 12.0. The number of para-hydroxylation sites is 1. The minimum Gasteiger partial charge on any atom is -0.309 e. The lowest BCUT2D eigenvalue weighted by atomic mass is 9.46. The van der Waals surface area contributed by atoms with Crippen LogP contribution >= 0.6 is 0 Å². The molecule has 0 saturated heterocycles. The maximum atomic E-state index is 12.8. The summed E-state index contributed by atoms with van der Waals surface area (Å²) in [5.41, 5.74) is 3.62. The predicted molar refractivity (Wildman–Crippen MR) is 156 cm³/mol. The van der Waals surface area contributed by atoms with Gasteiger partial charge < -0.3 is 4.90 Å². The summed E-state index contributed by atoms with van der Waals surface area (Å²) in [6, 6.07) is 10.7. The molecule has 4 aliphatic carbocycles. The van der Waals surface area contributed by atoms with E-state index in [4.69, 9.17) is 0 Å². The van der Waals surface area contributed by atoms with E-state index in [1.165, 1.54) is 57.8 Å². The summed E-state index contributed by atoms with van der Waals surface area (Å²) in [7, 11) is 0. The Balaban J connectivity index is 1.32. The summed E-state index contributed by atoms with van der Waals surface area (Å²) in [6.07, 6.45) is 17.4. The van der Waals surface area contributed by atoms with Crippen LogP contribution in [0.5, 0.6) is 0 Å². The molecule has 3 saturated carbocycles. The van der Waals surface area contributed by atoms with E-state index in [0.717, 1.165) is 54.0 Å². The molecule has 5 rings (SSSR count). The first-order valence-corrected chi connectivity index (χ1v) is 15.7. The van der Waals surface area contributed by atoms with Crippen LogP contribution in [-0.4, -0.2) is 11.9 Å². The first kappa shape index (κ1) is 27.0. The summed E-state index contributed by atoms with van der Waals surface area (Å²) in [5.74, 6) is 5.44. The van der Waals surface area contributed by atoms with Crippen LogP contribution in [-0.2, 0) is 4.79 Å². The fourth-order valence-corrected chi connectivity index (χ4v) is 10.1. The van der Waals surface area contributed by atoms with Crippen LogP contribution in [0.15, 0.2) is 42.0 Å². The standard InChI is InChI=1S/C35H53NO/c1-24(2)11-10-12-25(3)31-17-18-32-30-16-15-27-23-29(36(26(4)37)28-13-8-7-9-14-28)19-21-34(27,5)33(30)20-22-35(31,32)6/h7-9,13-15,24-25,29-33H,10-12,16-23H2,1-6H3/t25-,29-,30-,31+,32-,33-,34-,35+/m0/s1. The van der Waals surface area contributed by atoms with Gasteiger partial charge in [-0.25, -0.2) is 0 Å². The van der Waals surface area contributed by atoms with Gasteiger partial charge in [-0.05, 0) is 110 Å². The van der Waals surface area contributed by atoms with Gasteiger partial charge in [0, 0.05) is 18.7 Å². The Morgan fingerprint density at radius 1 is 0.973 bits per heavy atom. The minimum absolute atomic E-state index is 0.182. The van der Waals surface area contributed by atoms with E-state index in [9.17, 15) is 4.79 Å². The van der Waals surface area contributed by atoms with Crippen molar-refractivity contribution in [3.8, 4) is 0 Å². The first-order valence-electron chi connectivity index (χ1n) is 15.7. The van der Waals surface area contributed by atoms with Gasteiger partial charge in [-0.3, -0.25) is 4.79 Å². The highest BCUT2D eigenvalue weighted by Gasteiger charge is 2.59. The fraction of sp³-hybridized carbons (Fsp3) is 0.743. The summed E-state index contributed by atoms with van der Waals surface area (Å²) < 4.78 is 0. The molecule has 0 aromatic heterocycles. The highest BCUT2D eigenvalue weighted by Crippen LogP contribution is 2.67. The Morgan fingerprint density at radius 3 is 2.43 bits per heavy atom. The third kappa shape index (κ3) is 4.85. The van der Waals surface area contributed by atoms with Crippen molar-refractivity contribution in [2.45, 2.75) is 118 Å². The summed E-state index contributed by atoms with van der Waals surface area (Å²) in [5, 5.41) is 0. The lowest BCUT2D eigenvalue weighted by molar-refractivity contribution is -0.117. The molecule has 4 aliphatic rings. The van der Waals surface area contributed by atoms with Gasteiger partial charge in [0.25, 0.3) is 0 Å². The molecule has 204 valence electrons. The minimum atomic E-state index is 0.182. The third-order valence-corrected chi connectivity index (χ3v) is 12.0. The number of benzene rings is 1. The van der Waals surface area contributed by atoms with Crippen molar-refractivity contribution in [1.82, 2.24) is 0 Å². The second-order valence-corrected chi connectivity index (χ2v) is 14.4. The Labute approximate surface area is 227 Å². The van der Waals surface area contributed by atoms with E-state index in [-0.39, 0.29) is 5.91 Å². The van der Waals surface area contributed by atoms with Crippen LogP contribution in [0.2, 0.25) is 0 Å². The second-order valence-electron chi connectivity index (χ2n) is 14.4. The zero-order chi connectivity index (χ0) is 26.4. The van der Waals surface area contributed by atoms with Gasteiger partial charge in [-0.2, -0.15) is 0 Å². The smallest absolute Gasteiger partial charge is 0.224 e. The number of fused-ring (bicyclic) bond motifs is 5. The molecule has 37 heavy (non-hydrogen) atoms. The number of nitrogens with zero attached hydrogens (tertiary/aromatic N) is 1. The van der Waals surface area contributed by atoms with Gasteiger partial charge in [-0.15, -0.1) is 0 Å². The molecule has 0 unspecified atom stereocenters. The Bertz CT molecular complexity index is 980. The fourth-order valence-electron chi connectivity index (χ4n) is 10.1. The van der Waals surface area contributed by atoms with Crippen molar-refractivity contribution in [2.75, 3.05) is 4.90 Å². The maximum Gasteiger partial charge on any atom is 0.224 e. The average Bonchev–Trinajstić information content (AvgIpc) is 3.22. The number of carbonyl (C=O) groups excluding carboxylic acids is 1. The van der Waals surface area contributed by atoms with Crippen molar-refractivity contribution in [3.05, 3.63) is 42.0 Å². The maximum absolute atomic E-state index is 12.8. The van der Waals surface area contributed by atoms with Gasteiger partial charge in [-0.1, -0.05) is 83.7 Å². The molecule has 3 fully saturated rings. The van der Waals surface area contributed by atoms with Crippen LogP contribution in [0.25, 0.3) is 0 Å². The van der Waals surface area contributed by atoms with Crippen molar-refractivity contribution >= 4 is 11.6 Å². The quantitative estimate of drug-likeness (QED) is 0.339. The number of carbonyl (C=O) groups is 1. The predicted octanol–water partition coefficient (Wildman–Crippen LogP) is 9.45. The van der Waals surface area contributed by atoms with Crippen molar-refractivity contribution in [1.29, 1.82) is 0 Å². The van der Waals surface area contributed by atoms with Crippen LogP contribution in [0.4, 0.5) is 5.69 Å². The molecule has 0 bridgehead atoms. The zero-order valence-corrected chi connectivity index (χ0v) is 24.6. The van der Waals surface area contributed by atoms with E-state index in [2.05, 4.69) is 69.9 Å². The van der Waals surface area contributed by atoms with Crippen LogP contribution in [0, 0.1) is 46.3 Å². The summed E-state index contributed by atoms with van der Waals surface area (Å²) in [6.45, 7) is 14.4. The van der Waals surface area contributed by atoms with E-state index < -0.39 is 0 Å². The Hall–Kier alpha value is -1.57. The number of hydrogen-bond donors (Lipinski definition) is 0. The number of amides is 1. The van der Waals surface area contributed by atoms with Crippen molar-refractivity contribution < 1.29 is 4.79 Å². The molecular formula is C35H53NO. The largest absolute Gasteiger partial charge is 0.309 e. The molecule has 0 aliphatic heterocycles. The second kappa shape index (κ2) is 10.5. The van der Waals surface area contributed by atoms with Crippen LogP contribution < -0.4 is 4.90 Å². The van der Waals surface area contributed by atoms with Crippen molar-refractivity contribution in [2.24, 2.45) is 46.3 Å². The van der Waals surface area contributed by atoms with Gasteiger partial charge >= 0.3 is 0 Å². The molecule has 0 heterocycles. The molecule has 1 aromatic carbocycles. The molecule has 1 amide bonds. The van der Waals surface area contributed by atoms with E-state index >= 15 is 0 Å². The molecule has 0 N–H and O–H groups in total. The first-order chi connectivity index (χ1) is 17.6. The number of hydrogen-bond acceptors (Lipinski definition) is 1. The zero-order valence-electron chi connectivity index (χ0n) is 24.6. The lowest BCUT2D eigenvalue weighted by Gasteiger charge is -2.59. The number of anilines is 1. The molecule has 2 heteroatoms.